The maximum absolute atomic E-state index is 12.3. The Balaban J connectivity index is 1.93. The number of carbonyl (C=O) groups is 2. The Labute approximate surface area is 147 Å². The van der Waals surface area contributed by atoms with Gasteiger partial charge in [-0.15, -0.1) is 0 Å². The molecule has 0 unspecified atom stereocenters. The molecule has 0 aliphatic rings. The fourth-order valence-electron chi connectivity index (χ4n) is 1.94. The molecule has 0 radical (unpaired) electrons. The van der Waals surface area contributed by atoms with Crippen LogP contribution < -0.4 is 14.8 Å². The summed E-state index contributed by atoms with van der Waals surface area (Å²) in [7, 11) is 1.45. The van der Waals surface area contributed by atoms with Gasteiger partial charge in [-0.1, -0.05) is 11.8 Å². The smallest absolute Gasteiger partial charge is 0.288 e. The molecular weight excluding hydrogens is 352 g/mol. The molecule has 2 aromatic rings. The van der Waals surface area contributed by atoms with Crippen molar-refractivity contribution in [1.29, 1.82) is 0 Å². The van der Waals surface area contributed by atoms with Gasteiger partial charge in [-0.2, -0.15) is 8.78 Å². The summed E-state index contributed by atoms with van der Waals surface area (Å²) in [5.74, 6) is -2.27. The molecule has 0 atom stereocenters. The van der Waals surface area contributed by atoms with Gasteiger partial charge in [0.15, 0.2) is 18.1 Å². The highest BCUT2D eigenvalue weighted by atomic mass is 32.2. The lowest BCUT2D eigenvalue weighted by atomic mass is 10.2. The largest absolute Gasteiger partial charge is 0.493 e. The van der Waals surface area contributed by atoms with Crippen LogP contribution in [0.3, 0.4) is 0 Å². The fraction of sp³-hybridized carbons (Fsp3) is 0.176. The minimum atomic E-state index is -2.49. The number of halogens is 2. The summed E-state index contributed by atoms with van der Waals surface area (Å²) < 4.78 is 35.0. The van der Waals surface area contributed by atoms with Gasteiger partial charge in [-0.05, 0) is 42.5 Å². The number of thioether (sulfide) groups is 1. The van der Waals surface area contributed by atoms with Crippen molar-refractivity contribution in [1.82, 2.24) is 0 Å². The number of alkyl halides is 2. The van der Waals surface area contributed by atoms with E-state index in [0.29, 0.717) is 39.9 Å². The third-order valence-corrected chi connectivity index (χ3v) is 3.77. The zero-order valence-electron chi connectivity index (χ0n) is 13.2. The highest BCUT2D eigenvalue weighted by molar-refractivity contribution is 7.99. The van der Waals surface area contributed by atoms with Crippen LogP contribution in [0.25, 0.3) is 0 Å². The summed E-state index contributed by atoms with van der Waals surface area (Å²) in [6, 6.07) is 10.6. The molecule has 0 aliphatic heterocycles. The van der Waals surface area contributed by atoms with Crippen LogP contribution in [-0.4, -0.2) is 31.7 Å². The monoisotopic (exact) mass is 367 g/mol. The third kappa shape index (κ3) is 5.75. The van der Waals surface area contributed by atoms with Crippen molar-refractivity contribution in [3.05, 3.63) is 48.0 Å². The molecule has 25 heavy (non-hydrogen) atoms. The van der Waals surface area contributed by atoms with E-state index < -0.39 is 11.7 Å². The third-order valence-electron chi connectivity index (χ3n) is 3.05. The van der Waals surface area contributed by atoms with Crippen molar-refractivity contribution in [2.75, 3.05) is 19.0 Å². The molecule has 0 aromatic heterocycles. The number of carbonyl (C=O) groups excluding carboxylic acids is 2. The maximum atomic E-state index is 12.3. The quantitative estimate of drug-likeness (QED) is 0.567. The first kappa shape index (κ1) is 18.7. The van der Waals surface area contributed by atoms with Crippen molar-refractivity contribution < 1.29 is 27.8 Å². The second-order valence-electron chi connectivity index (χ2n) is 4.77. The van der Waals surface area contributed by atoms with E-state index in [1.165, 1.54) is 37.4 Å². The lowest BCUT2D eigenvalue weighted by Crippen LogP contribution is -2.20. The summed E-state index contributed by atoms with van der Waals surface area (Å²) in [5.41, 5.74) is 0.851. The van der Waals surface area contributed by atoms with Crippen molar-refractivity contribution in [2.45, 2.75) is 10.7 Å². The predicted octanol–water partition coefficient (Wildman–Crippen LogP) is 3.84. The molecule has 0 fully saturated rings. The Morgan fingerprint density at radius 1 is 1.20 bits per heavy atom. The fourth-order valence-corrected chi connectivity index (χ4v) is 2.44. The average Bonchev–Trinajstić information content (AvgIpc) is 2.61. The molecule has 2 aromatic carbocycles. The molecule has 0 spiro atoms. The second-order valence-corrected chi connectivity index (χ2v) is 5.83. The van der Waals surface area contributed by atoms with E-state index in [2.05, 4.69) is 5.32 Å². The Kier molecular flexibility index (Phi) is 6.76. The minimum Gasteiger partial charge on any atom is -0.493 e. The standard InChI is InChI=1S/C17H15F2NO4S/c1-23-14-7-2-11(9-21)8-15(14)24-10-16(22)20-12-3-5-13(6-4-12)25-17(18)19/h2-9,17H,10H2,1H3,(H,20,22). The van der Waals surface area contributed by atoms with Gasteiger partial charge in [0.05, 0.1) is 7.11 Å². The van der Waals surface area contributed by atoms with Gasteiger partial charge in [0.25, 0.3) is 11.7 Å². The summed E-state index contributed by atoms with van der Waals surface area (Å²) in [6.45, 7) is -0.299. The zero-order valence-corrected chi connectivity index (χ0v) is 14.0. The first-order chi connectivity index (χ1) is 12.0. The number of nitrogens with one attached hydrogen (secondary N) is 1. The highest BCUT2D eigenvalue weighted by Crippen LogP contribution is 2.28. The number of hydrogen-bond donors (Lipinski definition) is 1. The Morgan fingerprint density at radius 2 is 1.92 bits per heavy atom. The predicted molar refractivity (Wildman–Crippen MR) is 90.8 cm³/mol. The van der Waals surface area contributed by atoms with Crippen LogP contribution in [0.1, 0.15) is 10.4 Å². The van der Waals surface area contributed by atoms with E-state index in [0.717, 1.165) is 0 Å². The normalized spacial score (nSPS) is 10.4. The van der Waals surface area contributed by atoms with Gasteiger partial charge in [-0.25, -0.2) is 0 Å². The molecule has 2 rings (SSSR count). The molecule has 1 N–H and O–H groups in total. The molecule has 1 amide bonds. The minimum absolute atomic E-state index is 0.269. The van der Waals surface area contributed by atoms with Crippen LogP contribution in [0.15, 0.2) is 47.4 Å². The molecule has 0 bridgehead atoms. The van der Waals surface area contributed by atoms with Gasteiger partial charge in [0, 0.05) is 16.1 Å². The molecule has 132 valence electrons. The molecule has 0 heterocycles. The van der Waals surface area contributed by atoms with E-state index in [4.69, 9.17) is 9.47 Å². The van der Waals surface area contributed by atoms with Gasteiger partial charge in [0.2, 0.25) is 0 Å². The Bertz CT molecular complexity index is 738. The molecule has 0 saturated heterocycles. The number of methoxy groups -OCH3 is 1. The van der Waals surface area contributed by atoms with E-state index >= 15 is 0 Å². The Hall–Kier alpha value is -2.61. The number of aldehydes is 1. The second kappa shape index (κ2) is 9.03. The van der Waals surface area contributed by atoms with Crippen LogP contribution in [0.5, 0.6) is 11.5 Å². The van der Waals surface area contributed by atoms with E-state index in [-0.39, 0.29) is 12.4 Å². The highest BCUT2D eigenvalue weighted by Gasteiger charge is 2.10. The SMILES string of the molecule is COc1ccc(C=O)cc1OCC(=O)Nc1ccc(SC(F)F)cc1. The van der Waals surface area contributed by atoms with Gasteiger partial charge < -0.3 is 14.8 Å². The zero-order chi connectivity index (χ0) is 18.2. The number of anilines is 1. The number of amides is 1. The topological polar surface area (TPSA) is 64.6 Å². The van der Waals surface area contributed by atoms with Crippen LogP contribution in [0.2, 0.25) is 0 Å². The first-order valence-corrected chi connectivity index (χ1v) is 8.00. The average molecular weight is 367 g/mol. The molecule has 5 nitrogen and oxygen atoms in total. The van der Waals surface area contributed by atoms with Crippen LogP contribution in [-0.2, 0) is 4.79 Å². The first-order valence-electron chi connectivity index (χ1n) is 7.12. The summed E-state index contributed by atoms with van der Waals surface area (Å²) in [4.78, 5) is 23.1. The van der Waals surface area contributed by atoms with Crippen LogP contribution >= 0.6 is 11.8 Å². The lowest BCUT2D eigenvalue weighted by Gasteiger charge is -2.11. The molecule has 0 saturated carbocycles. The van der Waals surface area contributed by atoms with Crippen molar-refractivity contribution in [3.8, 4) is 11.5 Å². The van der Waals surface area contributed by atoms with Crippen LogP contribution in [0.4, 0.5) is 14.5 Å². The van der Waals surface area contributed by atoms with Crippen molar-refractivity contribution in [2.24, 2.45) is 0 Å². The molecular formula is C17H15F2NO4S. The molecule has 0 aliphatic carbocycles. The number of benzene rings is 2. The summed E-state index contributed by atoms with van der Waals surface area (Å²) in [6.07, 6.45) is 0.658. The Morgan fingerprint density at radius 3 is 2.52 bits per heavy atom. The van der Waals surface area contributed by atoms with E-state index in [9.17, 15) is 18.4 Å². The number of hydrogen-bond acceptors (Lipinski definition) is 5. The van der Waals surface area contributed by atoms with Gasteiger partial charge in [0.1, 0.15) is 6.29 Å². The van der Waals surface area contributed by atoms with Crippen LogP contribution in [0, 0.1) is 0 Å². The maximum Gasteiger partial charge on any atom is 0.288 e. The van der Waals surface area contributed by atoms with E-state index in [1.54, 1.807) is 12.1 Å². The van der Waals surface area contributed by atoms with Crippen molar-refractivity contribution >= 4 is 29.6 Å². The number of rotatable bonds is 8. The van der Waals surface area contributed by atoms with Gasteiger partial charge >= 0.3 is 0 Å². The number of ether oxygens (including phenoxy) is 2. The lowest BCUT2D eigenvalue weighted by molar-refractivity contribution is -0.118. The summed E-state index contributed by atoms with van der Waals surface area (Å²) >= 11 is 0.428. The van der Waals surface area contributed by atoms with Gasteiger partial charge in [-0.3, -0.25) is 9.59 Å². The van der Waals surface area contributed by atoms with Crippen molar-refractivity contribution in [3.63, 3.8) is 0 Å². The summed E-state index contributed by atoms with van der Waals surface area (Å²) in [5, 5.41) is 2.59. The van der Waals surface area contributed by atoms with E-state index in [1.807, 2.05) is 0 Å². The molecule has 8 heteroatoms.